The third-order valence-corrected chi connectivity index (χ3v) is 1.92. The molecule has 12 heavy (non-hydrogen) atoms. The summed E-state index contributed by atoms with van der Waals surface area (Å²) in [5.74, 6) is 0.373. The van der Waals surface area contributed by atoms with Gasteiger partial charge in [-0.3, -0.25) is 0 Å². The zero-order valence-corrected chi connectivity index (χ0v) is 7.38. The lowest BCUT2D eigenvalue weighted by Gasteiger charge is -2.02. The lowest BCUT2D eigenvalue weighted by Crippen LogP contribution is -2.10. The first kappa shape index (κ1) is 9.26. The van der Waals surface area contributed by atoms with Crippen LogP contribution in [0.25, 0.3) is 0 Å². The Morgan fingerprint density at radius 3 is 2.75 bits per heavy atom. The molecule has 0 aromatic rings. The van der Waals surface area contributed by atoms with Crippen molar-refractivity contribution < 1.29 is 9.53 Å². The number of ether oxygens (including phenoxy) is 1. The van der Waals surface area contributed by atoms with Crippen LogP contribution in [-0.2, 0) is 9.53 Å². The molecule has 0 aliphatic heterocycles. The van der Waals surface area contributed by atoms with E-state index in [1.54, 1.807) is 0 Å². The molecule has 1 aliphatic carbocycles. The van der Waals surface area contributed by atoms with Crippen molar-refractivity contribution in [2.75, 3.05) is 13.7 Å². The quantitative estimate of drug-likeness (QED) is 0.501. The number of nitrogens with two attached hydrogens (primary N) is 1. The molecule has 1 saturated carbocycles. The van der Waals surface area contributed by atoms with Crippen LogP contribution in [0, 0.1) is 5.92 Å². The molecule has 1 fully saturated rings. The van der Waals surface area contributed by atoms with Crippen LogP contribution in [0.3, 0.4) is 0 Å². The summed E-state index contributed by atoms with van der Waals surface area (Å²) in [6, 6.07) is 0. The molecule has 0 radical (unpaired) electrons. The fourth-order valence-corrected chi connectivity index (χ4v) is 1.09. The minimum absolute atomic E-state index is 0.229. The third-order valence-electron chi connectivity index (χ3n) is 1.92. The minimum atomic E-state index is -0.229. The second-order valence-corrected chi connectivity index (χ2v) is 3.06. The van der Waals surface area contributed by atoms with Gasteiger partial charge in [-0.05, 0) is 31.7 Å². The Labute approximate surface area is 72.6 Å². The van der Waals surface area contributed by atoms with Crippen molar-refractivity contribution in [3.63, 3.8) is 0 Å². The maximum absolute atomic E-state index is 11.1. The van der Waals surface area contributed by atoms with Crippen molar-refractivity contribution in [1.29, 1.82) is 0 Å². The van der Waals surface area contributed by atoms with E-state index in [0.29, 0.717) is 18.9 Å². The summed E-state index contributed by atoms with van der Waals surface area (Å²) in [6.07, 6.45) is 5.03. The predicted octanol–water partition coefficient (Wildman–Crippen LogP) is 0.845. The third kappa shape index (κ3) is 2.66. The smallest absolute Gasteiger partial charge is 0.333 e. The van der Waals surface area contributed by atoms with E-state index in [4.69, 9.17) is 5.73 Å². The molecule has 0 bridgehead atoms. The molecule has 0 aromatic carbocycles. The van der Waals surface area contributed by atoms with E-state index in [2.05, 4.69) is 4.74 Å². The topological polar surface area (TPSA) is 52.3 Å². The number of hydrogen-bond acceptors (Lipinski definition) is 3. The van der Waals surface area contributed by atoms with E-state index < -0.39 is 0 Å². The van der Waals surface area contributed by atoms with E-state index in [-0.39, 0.29) is 5.97 Å². The second kappa shape index (κ2) is 4.26. The van der Waals surface area contributed by atoms with E-state index >= 15 is 0 Å². The van der Waals surface area contributed by atoms with Crippen molar-refractivity contribution in [3.8, 4) is 0 Å². The average Bonchev–Trinajstić information content (AvgIpc) is 2.86. The van der Waals surface area contributed by atoms with Gasteiger partial charge in [-0.1, -0.05) is 6.08 Å². The SMILES string of the molecule is COC(=O)/C(=C/C1CC1)CCN. The molecule has 0 atom stereocenters. The van der Waals surface area contributed by atoms with Gasteiger partial charge >= 0.3 is 5.97 Å². The Morgan fingerprint density at radius 2 is 2.33 bits per heavy atom. The number of methoxy groups -OCH3 is 1. The highest BCUT2D eigenvalue weighted by Crippen LogP contribution is 2.31. The zero-order chi connectivity index (χ0) is 8.97. The summed E-state index contributed by atoms with van der Waals surface area (Å²) in [4.78, 5) is 11.1. The molecule has 1 rings (SSSR count). The van der Waals surface area contributed by atoms with Crippen LogP contribution in [0.4, 0.5) is 0 Å². The van der Waals surface area contributed by atoms with Crippen LogP contribution in [0.1, 0.15) is 19.3 Å². The zero-order valence-electron chi connectivity index (χ0n) is 7.38. The maximum atomic E-state index is 11.1. The molecule has 0 spiro atoms. The minimum Gasteiger partial charge on any atom is -0.466 e. The molecular weight excluding hydrogens is 154 g/mol. The Morgan fingerprint density at radius 1 is 1.67 bits per heavy atom. The van der Waals surface area contributed by atoms with Crippen molar-refractivity contribution in [2.45, 2.75) is 19.3 Å². The molecule has 3 heteroatoms. The normalized spacial score (nSPS) is 17.7. The number of carbonyl (C=O) groups excluding carboxylic acids is 1. The molecule has 3 nitrogen and oxygen atoms in total. The van der Waals surface area contributed by atoms with Gasteiger partial charge in [-0.25, -0.2) is 4.79 Å². The van der Waals surface area contributed by atoms with Crippen molar-refractivity contribution in [1.82, 2.24) is 0 Å². The molecule has 0 amide bonds. The van der Waals surface area contributed by atoms with E-state index in [0.717, 1.165) is 5.57 Å². The van der Waals surface area contributed by atoms with Crippen LogP contribution in [0.5, 0.6) is 0 Å². The van der Waals surface area contributed by atoms with Crippen LogP contribution in [-0.4, -0.2) is 19.6 Å². The van der Waals surface area contributed by atoms with Gasteiger partial charge in [0.25, 0.3) is 0 Å². The van der Waals surface area contributed by atoms with Gasteiger partial charge in [-0.2, -0.15) is 0 Å². The largest absolute Gasteiger partial charge is 0.466 e. The lowest BCUT2D eigenvalue weighted by atomic mass is 10.1. The number of rotatable bonds is 4. The summed E-state index contributed by atoms with van der Waals surface area (Å²) in [7, 11) is 1.40. The molecule has 0 saturated heterocycles. The Bertz CT molecular complexity index is 195. The summed E-state index contributed by atoms with van der Waals surface area (Å²) >= 11 is 0. The van der Waals surface area contributed by atoms with Gasteiger partial charge in [0.1, 0.15) is 0 Å². The monoisotopic (exact) mass is 169 g/mol. The Kier molecular flexibility index (Phi) is 3.29. The highest BCUT2D eigenvalue weighted by atomic mass is 16.5. The predicted molar refractivity (Wildman–Crippen MR) is 46.5 cm³/mol. The van der Waals surface area contributed by atoms with Gasteiger partial charge in [-0.15, -0.1) is 0 Å². The van der Waals surface area contributed by atoms with E-state index in [9.17, 15) is 4.79 Å². The fraction of sp³-hybridized carbons (Fsp3) is 0.667. The van der Waals surface area contributed by atoms with Crippen LogP contribution in [0.2, 0.25) is 0 Å². The Balaban J connectivity index is 2.52. The molecule has 0 aromatic heterocycles. The number of hydrogen-bond donors (Lipinski definition) is 1. The van der Waals surface area contributed by atoms with E-state index in [1.165, 1.54) is 20.0 Å². The second-order valence-electron chi connectivity index (χ2n) is 3.06. The standard InChI is InChI=1S/C9H15NO2/c1-12-9(11)8(4-5-10)6-7-2-3-7/h6-7H,2-5,10H2,1H3/b8-6+. The lowest BCUT2D eigenvalue weighted by molar-refractivity contribution is -0.136. The van der Waals surface area contributed by atoms with Crippen molar-refractivity contribution >= 4 is 5.97 Å². The summed E-state index contributed by atoms with van der Waals surface area (Å²) < 4.78 is 4.63. The van der Waals surface area contributed by atoms with Crippen LogP contribution in [0.15, 0.2) is 11.6 Å². The Hall–Kier alpha value is -0.830. The van der Waals surface area contributed by atoms with Crippen LogP contribution < -0.4 is 5.73 Å². The fourth-order valence-electron chi connectivity index (χ4n) is 1.09. The van der Waals surface area contributed by atoms with Crippen molar-refractivity contribution in [2.24, 2.45) is 11.7 Å². The number of esters is 1. The summed E-state index contributed by atoms with van der Waals surface area (Å²) in [5.41, 5.74) is 6.11. The highest BCUT2D eigenvalue weighted by Gasteiger charge is 2.21. The van der Waals surface area contributed by atoms with Gasteiger partial charge in [0.2, 0.25) is 0 Å². The number of allylic oxidation sites excluding steroid dienone is 1. The van der Waals surface area contributed by atoms with Gasteiger partial charge in [0.05, 0.1) is 7.11 Å². The molecule has 2 N–H and O–H groups in total. The summed E-state index contributed by atoms with van der Waals surface area (Å²) in [5, 5.41) is 0. The molecule has 68 valence electrons. The molecule has 1 aliphatic rings. The first-order valence-electron chi connectivity index (χ1n) is 4.27. The molecular formula is C9H15NO2. The summed E-state index contributed by atoms with van der Waals surface area (Å²) in [6.45, 7) is 0.508. The van der Waals surface area contributed by atoms with Gasteiger partial charge < -0.3 is 10.5 Å². The maximum Gasteiger partial charge on any atom is 0.333 e. The van der Waals surface area contributed by atoms with E-state index in [1.807, 2.05) is 6.08 Å². The first-order valence-corrected chi connectivity index (χ1v) is 4.27. The highest BCUT2D eigenvalue weighted by molar-refractivity contribution is 5.88. The average molecular weight is 169 g/mol. The molecule has 0 unspecified atom stereocenters. The van der Waals surface area contributed by atoms with Gasteiger partial charge in [0, 0.05) is 5.57 Å². The van der Waals surface area contributed by atoms with Gasteiger partial charge in [0.15, 0.2) is 0 Å². The van der Waals surface area contributed by atoms with Crippen molar-refractivity contribution in [3.05, 3.63) is 11.6 Å². The first-order chi connectivity index (χ1) is 5.77. The molecule has 0 heterocycles. The van der Waals surface area contributed by atoms with Crippen LogP contribution >= 0.6 is 0 Å². The number of carbonyl (C=O) groups is 1.